The van der Waals surface area contributed by atoms with Crippen LogP contribution in [0.5, 0.6) is 0 Å². The molecule has 118 valence electrons. The average Bonchev–Trinajstić information content (AvgIpc) is 2.76. The van der Waals surface area contributed by atoms with Gasteiger partial charge in [0.1, 0.15) is 11.5 Å². The Balaban J connectivity index is 1.79. The van der Waals surface area contributed by atoms with Crippen molar-refractivity contribution in [1.82, 2.24) is 10.2 Å². The van der Waals surface area contributed by atoms with Gasteiger partial charge < -0.3 is 9.73 Å². The molecule has 0 aromatic carbocycles. The maximum atomic E-state index is 11.6. The van der Waals surface area contributed by atoms with E-state index in [1.807, 2.05) is 13.8 Å². The standard InChI is InChI=1S/C17H28N2O2/c1-4-6-17(20)18-10-15-7-5-8-19(11-15)12-16-9-13(2)14(3)21-16/h9,15H,4-8,10-12H2,1-3H3,(H,18,20)/t15-/m1/s1. The summed E-state index contributed by atoms with van der Waals surface area (Å²) in [5.74, 6) is 2.83. The number of nitrogens with one attached hydrogen (secondary N) is 1. The highest BCUT2D eigenvalue weighted by molar-refractivity contribution is 5.75. The van der Waals surface area contributed by atoms with Crippen LogP contribution in [0.25, 0.3) is 0 Å². The summed E-state index contributed by atoms with van der Waals surface area (Å²) < 4.78 is 5.77. The summed E-state index contributed by atoms with van der Waals surface area (Å²) in [4.78, 5) is 14.0. The number of amides is 1. The molecule has 1 aliphatic rings. The Morgan fingerprint density at radius 3 is 2.95 bits per heavy atom. The van der Waals surface area contributed by atoms with Crippen molar-refractivity contribution in [3.8, 4) is 0 Å². The molecule has 1 aromatic heterocycles. The van der Waals surface area contributed by atoms with E-state index >= 15 is 0 Å². The Morgan fingerprint density at radius 1 is 1.48 bits per heavy atom. The molecule has 0 unspecified atom stereocenters. The predicted molar refractivity (Wildman–Crippen MR) is 84.1 cm³/mol. The summed E-state index contributed by atoms with van der Waals surface area (Å²) >= 11 is 0. The van der Waals surface area contributed by atoms with Crippen LogP contribution in [-0.4, -0.2) is 30.4 Å². The summed E-state index contributed by atoms with van der Waals surface area (Å²) in [6.07, 6.45) is 3.97. The van der Waals surface area contributed by atoms with E-state index in [0.29, 0.717) is 12.3 Å². The van der Waals surface area contributed by atoms with Crippen LogP contribution in [0.1, 0.15) is 49.7 Å². The molecule has 2 rings (SSSR count). The number of hydrogen-bond donors (Lipinski definition) is 1. The molecule has 4 heteroatoms. The lowest BCUT2D eigenvalue weighted by molar-refractivity contribution is -0.121. The van der Waals surface area contributed by atoms with Crippen molar-refractivity contribution in [3.63, 3.8) is 0 Å². The molecule has 21 heavy (non-hydrogen) atoms. The maximum Gasteiger partial charge on any atom is 0.219 e. The lowest BCUT2D eigenvalue weighted by Gasteiger charge is -2.32. The van der Waals surface area contributed by atoms with Crippen molar-refractivity contribution < 1.29 is 9.21 Å². The fraction of sp³-hybridized carbons (Fsp3) is 0.706. The van der Waals surface area contributed by atoms with Gasteiger partial charge in [-0.05, 0) is 57.2 Å². The van der Waals surface area contributed by atoms with Crippen molar-refractivity contribution in [2.24, 2.45) is 5.92 Å². The van der Waals surface area contributed by atoms with Gasteiger partial charge in [-0.1, -0.05) is 6.92 Å². The summed E-state index contributed by atoms with van der Waals surface area (Å²) in [5.41, 5.74) is 1.23. The molecular formula is C17H28N2O2. The van der Waals surface area contributed by atoms with Crippen LogP contribution in [0.3, 0.4) is 0 Å². The molecule has 1 N–H and O–H groups in total. The first-order valence-corrected chi connectivity index (χ1v) is 8.13. The van der Waals surface area contributed by atoms with Crippen LogP contribution in [0.2, 0.25) is 0 Å². The van der Waals surface area contributed by atoms with Gasteiger partial charge in [-0.3, -0.25) is 9.69 Å². The molecule has 2 heterocycles. The minimum absolute atomic E-state index is 0.187. The summed E-state index contributed by atoms with van der Waals surface area (Å²) in [5, 5.41) is 3.06. The van der Waals surface area contributed by atoms with Crippen LogP contribution in [0.15, 0.2) is 10.5 Å². The highest BCUT2D eigenvalue weighted by Crippen LogP contribution is 2.20. The van der Waals surface area contributed by atoms with Gasteiger partial charge in [0.25, 0.3) is 0 Å². The molecule has 0 saturated carbocycles. The number of aryl methyl sites for hydroxylation is 2. The van der Waals surface area contributed by atoms with Crippen molar-refractivity contribution in [2.75, 3.05) is 19.6 Å². The van der Waals surface area contributed by atoms with Gasteiger partial charge >= 0.3 is 0 Å². The predicted octanol–water partition coefficient (Wildman–Crippen LogP) is 3.02. The minimum atomic E-state index is 0.187. The number of furan rings is 1. The third-order valence-electron chi connectivity index (χ3n) is 4.26. The van der Waals surface area contributed by atoms with Gasteiger partial charge in [-0.25, -0.2) is 0 Å². The highest BCUT2D eigenvalue weighted by atomic mass is 16.3. The van der Waals surface area contributed by atoms with Crippen LogP contribution in [-0.2, 0) is 11.3 Å². The number of rotatable bonds is 6. The molecular weight excluding hydrogens is 264 g/mol. The van der Waals surface area contributed by atoms with Crippen LogP contribution in [0, 0.1) is 19.8 Å². The number of nitrogens with zero attached hydrogens (tertiary/aromatic N) is 1. The van der Waals surface area contributed by atoms with Crippen LogP contribution < -0.4 is 5.32 Å². The molecule has 0 aliphatic carbocycles. The smallest absolute Gasteiger partial charge is 0.219 e. The normalized spacial score (nSPS) is 19.7. The number of carbonyl (C=O) groups is 1. The summed E-state index contributed by atoms with van der Waals surface area (Å²) in [7, 11) is 0. The first-order valence-electron chi connectivity index (χ1n) is 8.13. The van der Waals surface area contributed by atoms with Gasteiger partial charge in [-0.2, -0.15) is 0 Å². The zero-order valence-electron chi connectivity index (χ0n) is 13.6. The number of hydrogen-bond acceptors (Lipinski definition) is 3. The van der Waals surface area contributed by atoms with E-state index in [1.54, 1.807) is 0 Å². The average molecular weight is 292 g/mol. The lowest BCUT2D eigenvalue weighted by atomic mass is 9.98. The Bertz CT molecular complexity index is 448. The third-order valence-corrected chi connectivity index (χ3v) is 4.26. The van der Waals surface area contributed by atoms with Gasteiger partial charge in [-0.15, -0.1) is 0 Å². The third kappa shape index (κ3) is 4.88. The quantitative estimate of drug-likeness (QED) is 0.876. The first kappa shape index (κ1) is 16.1. The molecule has 1 saturated heterocycles. The zero-order chi connectivity index (χ0) is 15.2. The highest BCUT2D eigenvalue weighted by Gasteiger charge is 2.21. The van der Waals surface area contributed by atoms with Crippen molar-refractivity contribution >= 4 is 5.91 Å². The van der Waals surface area contributed by atoms with E-state index in [2.05, 4.69) is 23.2 Å². The Kier molecular flexibility index (Phi) is 5.85. The molecule has 1 aliphatic heterocycles. The Labute approximate surface area is 127 Å². The molecule has 1 aromatic rings. The largest absolute Gasteiger partial charge is 0.465 e. The molecule has 1 atom stereocenters. The maximum absolute atomic E-state index is 11.6. The van der Waals surface area contributed by atoms with E-state index in [1.165, 1.54) is 18.4 Å². The van der Waals surface area contributed by atoms with Gasteiger partial charge in [0.05, 0.1) is 6.54 Å². The van der Waals surface area contributed by atoms with E-state index < -0.39 is 0 Å². The van der Waals surface area contributed by atoms with Crippen molar-refractivity contribution in [3.05, 3.63) is 23.2 Å². The SMILES string of the molecule is CCCC(=O)NC[C@H]1CCCN(Cc2cc(C)c(C)o2)C1. The van der Waals surface area contributed by atoms with Gasteiger partial charge in [0.2, 0.25) is 5.91 Å². The molecule has 1 amide bonds. The number of piperidine rings is 1. The minimum Gasteiger partial charge on any atom is -0.465 e. The van der Waals surface area contributed by atoms with Crippen molar-refractivity contribution in [2.45, 2.75) is 53.0 Å². The zero-order valence-corrected chi connectivity index (χ0v) is 13.6. The van der Waals surface area contributed by atoms with E-state index in [0.717, 1.165) is 44.1 Å². The second-order valence-electron chi connectivity index (χ2n) is 6.25. The Morgan fingerprint density at radius 2 is 2.29 bits per heavy atom. The molecule has 1 fully saturated rings. The van der Waals surface area contributed by atoms with E-state index in [9.17, 15) is 4.79 Å². The second kappa shape index (κ2) is 7.64. The van der Waals surface area contributed by atoms with Crippen molar-refractivity contribution in [1.29, 1.82) is 0 Å². The topological polar surface area (TPSA) is 45.5 Å². The molecule has 0 bridgehead atoms. The molecule has 0 spiro atoms. The molecule has 4 nitrogen and oxygen atoms in total. The lowest BCUT2D eigenvalue weighted by Crippen LogP contribution is -2.40. The molecule has 0 radical (unpaired) electrons. The van der Waals surface area contributed by atoms with Gasteiger partial charge in [0.15, 0.2) is 0 Å². The fourth-order valence-corrected chi connectivity index (χ4v) is 2.98. The van der Waals surface area contributed by atoms with E-state index in [-0.39, 0.29) is 5.91 Å². The second-order valence-corrected chi connectivity index (χ2v) is 6.25. The fourth-order valence-electron chi connectivity index (χ4n) is 2.98. The van der Waals surface area contributed by atoms with E-state index in [4.69, 9.17) is 4.42 Å². The number of likely N-dealkylation sites (tertiary alicyclic amines) is 1. The summed E-state index contributed by atoms with van der Waals surface area (Å²) in [6.45, 7) is 10.0. The van der Waals surface area contributed by atoms with Crippen LogP contribution >= 0.6 is 0 Å². The first-order chi connectivity index (χ1) is 10.1. The monoisotopic (exact) mass is 292 g/mol. The van der Waals surface area contributed by atoms with Gasteiger partial charge in [0, 0.05) is 19.5 Å². The number of carbonyl (C=O) groups excluding carboxylic acids is 1. The van der Waals surface area contributed by atoms with Crippen LogP contribution in [0.4, 0.5) is 0 Å². The Hall–Kier alpha value is -1.29. The summed E-state index contributed by atoms with van der Waals surface area (Å²) in [6, 6.07) is 2.14.